The monoisotopic (exact) mass is 454 g/mol. The van der Waals surface area contributed by atoms with Crippen molar-refractivity contribution in [2.45, 2.75) is 26.9 Å². The Kier molecular flexibility index (Phi) is 7.01. The molecule has 0 bridgehead atoms. The topological polar surface area (TPSA) is 60.5 Å². The van der Waals surface area contributed by atoms with Crippen LogP contribution >= 0.6 is 15.9 Å². The molecule has 0 radical (unpaired) electrons. The van der Waals surface area contributed by atoms with Gasteiger partial charge in [-0.25, -0.2) is 0 Å². The highest BCUT2D eigenvalue weighted by Gasteiger charge is 2.14. The number of benzene rings is 2. The van der Waals surface area contributed by atoms with Gasteiger partial charge in [-0.3, -0.25) is 9.78 Å². The fourth-order valence-electron chi connectivity index (χ4n) is 2.85. The summed E-state index contributed by atoms with van der Waals surface area (Å²) in [4.78, 5) is 17.1. The number of carbonyl (C=O) groups excluding carboxylic acids is 1. The molecule has 5 nitrogen and oxygen atoms in total. The second kappa shape index (κ2) is 9.67. The molecule has 1 atom stereocenters. The molecule has 1 heterocycles. The Morgan fingerprint density at radius 2 is 1.86 bits per heavy atom. The van der Waals surface area contributed by atoms with Crippen LogP contribution in [0.15, 0.2) is 65.1 Å². The third kappa shape index (κ3) is 5.65. The van der Waals surface area contributed by atoms with Crippen LogP contribution in [0.25, 0.3) is 0 Å². The van der Waals surface area contributed by atoms with Crippen molar-refractivity contribution in [2.24, 2.45) is 0 Å². The summed E-state index contributed by atoms with van der Waals surface area (Å²) >= 11 is 3.42. The minimum atomic E-state index is -0.203. The summed E-state index contributed by atoms with van der Waals surface area (Å²) < 4.78 is 12.3. The molecule has 1 amide bonds. The van der Waals surface area contributed by atoms with E-state index in [0.717, 1.165) is 15.9 Å². The molecular weight excluding hydrogens is 432 g/mol. The first kappa shape index (κ1) is 21.0. The van der Waals surface area contributed by atoms with Gasteiger partial charge < -0.3 is 14.8 Å². The SMILES string of the molecule is CCOC(C)c1ccc(C(=O)Nc2ccc(Oc3cccc(Br)c3)cc2)c(C)n1. The van der Waals surface area contributed by atoms with Crippen molar-refractivity contribution < 1.29 is 14.3 Å². The number of rotatable bonds is 7. The van der Waals surface area contributed by atoms with Crippen LogP contribution in [-0.2, 0) is 4.74 Å². The van der Waals surface area contributed by atoms with Gasteiger partial charge in [0.1, 0.15) is 11.5 Å². The number of anilines is 1. The van der Waals surface area contributed by atoms with Crippen LogP contribution in [0.2, 0.25) is 0 Å². The molecule has 0 saturated carbocycles. The molecule has 3 rings (SSSR count). The summed E-state index contributed by atoms with van der Waals surface area (Å²) in [6.07, 6.45) is -0.103. The molecule has 1 N–H and O–H groups in total. The average Bonchev–Trinajstić information content (AvgIpc) is 2.69. The Hall–Kier alpha value is -2.70. The molecule has 150 valence electrons. The highest BCUT2D eigenvalue weighted by atomic mass is 79.9. The van der Waals surface area contributed by atoms with Gasteiger partial charge in [0, 0.05) is 16.8 Å². The number of pyridine rings is 1. The molecule has 0 aliphatic rings. The third-order valence-electron chi connectivity index (χ3n) is 4.33. The Balaban J connectivity index is 1.66. The molecule has 3 aromatic rings. The maximum atomic E-state index is 12.6. The van der Waals surface area contributed by atoms with Gasteiger partial charge in [0.25, 0.3) is 5.91 Å². The molecule has 1 aromatic heterocycles. The molecule has 6 heteroatoms. The van der Waals surface area contributed by atoms with Crippen LogP contribution < -0.4 is 10.1 Å². The number of aryl methyl sites for hydroxylation is 1. The molecule has 1 unspecified atom stereocenters. The maximum Gasteiger partial charge on any atom is 0.257 e. The van der Waals surface area contributed by atoms with E-state index in [1.165, 1.54) is 0 Å². The zero-order chi connectivity index (χ0) is 20.8. The van der Waals surface area contributed by atoms with Gasteiger partial charge in [0.15, 0.2) is 0 Å². The maximum absolute atomic E-state index is 12.6. The lowest BCUT2D eigenvalue weighted by molar-refractivity contribution is 0.0732. The van der Waals surface area contributed by atoms with E-state index in [9.17, 15) is 4.79 Å². The summed E-state index contributed by atoms with van der Waals surface area (Å²) in [5, 5.41) is 2.90. The lowest BCUT2D eigenvalue weighted by atomic mass is 10.1. The molecule has 0 aliphatic heterocycles. The first-order chi connectivity index (χ1) is 14.0. The van der Waals surface area contributed by atoms with E-state index in [1.807, 2.05) is 63.2 Å². The third-order valence-corrected chi connectivity index (χ3v) is 4.82. The molecule has 0 saturated heterocycles. The summed E-state index contributed by atoms with van der Waals surface area (Å²) in [5.74, 6) is 1.22. The second-order valence-corrected chi connectivity index (χ2v) is 7.42. The van der Waals surface area contributed by atoms with E-state index in [1.54, 1.807) is 18.2 Å². The first-order valence-corrected chi connectivity index (χ1v) is 10.2. The highest BCUT2D eigenvalue weighted by molar-refractivity contribution is 9.10. The Morgan fingerprint density at radius 1 is 1.10 bits per heavy atom. The van der Waals surface area contributed by atoms with E-state index in [0.29, 0.717) is 29.3 Å². The van der Waals surface area contributed by atoms with E-state index in [2.05, 4.69) is 26.2 Å². The van der Waals surface area contributed by atoms with E-state index in [4.69, 9.17) is 9.47 Å². The molecule has 2 aromatic carbocycles. The van der Waals surface area contributed by atoms with E-state index >= 15 is 0 Å². The summed E-state index contributed by atoms with van der Waals surface area (Å²) in [5.41, 5.74) is 2.70. The van der Waals surface area contributed by atoms with Gasteiger partial charge >= 0.3 is 0 Å². The number of nitrogens with one attached hydrogen (secondary N) is 1. The Bertz CT molecular complexity index is 990. The summed E-state index contributed by atoms with van der Waals surface area (Å²) in [6, 6.07) is 18.5. The van der Waals surface area contributed by atoms with Crippen LogP contribution in [0.1, 0.15) is 41.7 Å². The molecule has 0 spiro atoms. The lowest BCUT2D eigenvalue weighted by Gasteiger charge is -2.13. The molecule has 0 aliphatic carbocycles. The van der Waals surface area contributed by atoms with Gasteiger partial charge in [-0.2, -0.15) is 0 Å². The number of aromatic nitrogens is 1. The standard InChI is InChI=1S/C23H23BrN2O3/c1-4-28-16(3)22-13-12-21(15(2)25-22)23(27)26-18-8-10-19(11-9-18)29-20-7-5-6-17(24)14-20/h5-14,16H,4H2,1-3H3,(H,26,27). The minimum absolute atomic E-state index is 0.103. The summed E-state index contributed by atoms with van der Waals surface area (Å²) in [7, 11) is 0. The number of nitrogens with zero attached hydrogens (tertiary/aromatic N) is 1. The molecule has 29 heavy (non-hydrogen) atoms. The van der Waals surface area contributed by atoms with Crippen molar-refractivity contribution in [2.75, 3.05) is 11.9 Å². The van der Waals surface area contributed by atoms with E-state index < -0.39 is 0 Å². The van der Waals surface area contributed by atoms with Crippen molar-refractivity contribution in [3.05, 3.63) is 82.1 Å². The van der Waals surface area contributed by atoms with Crippen LogP contribution in [0.5, 0.6) is 11.5 Å². The lowest BCUT2D eigenvalue weighted by Crippen LogP contribution is -2.15. The van der Waals surface area contributed by atoms with Crippen LogP contribution in [-0.4, -0.2) is 17.5 Å². The van der Waals surface area contributed by atoms with Crippen molar-refractivity contribution >= 4 is 27.5 Å². The largest absolute Gasteiger partial charge is 0.457 e. The number of halogens is 1. The average molecular weight is 455 g/mol. The predicted octanol–water partition coefficient (Wildman–Crippen LogP) is 6.29. The van der Waals surface area contributed by atoms with Gasteiger partial charge in [-0.1, -0.05) is 22.0 Å². The fourth-order valence-corrected chi connectivity index (χ4v) is 3.23. The van der Waals surface area contributed by atoms with Gasteiger partial charge in [-0.15, -0.1) is 0 Å². The molecular formula is C23H23BrN2O3. The van der Waals surface area contributed by atoms with Crippen molar-refractivity contribution in [3.63, 3.8) is 0 Å². The van der Waals surface area contributed by atoms with Gasteiger partial charge in [0.05, 0.1) is 23.1 Å². The zero-order valence-corrected chi connectivity index (χ0v) is 18.2. The van der Waals surface area contributed by atoms with E-state index in [-0.39, 0.29) is 12.0 Å². The highest BCUT2D eigenvalue weighted by Crippen LogP contribution is 2.26. The molecule has 0 fully saturated rings. The van der Waals surface area contributed by atoms with Crippen molar-refractivity contribution in [3.8, 4) is 11.5 Å². The summed E-state index contributed by atoms with van der Waals surface area (Å²) in [6.45, 7) is 6.33. The fraction of sp³-hybridized carbons (Fsp3) is 0.217. The number of hydrogen-bond acceptors (Lipinski definition) is 4. The van der Waals surface area contributed by atoms with Crippen LogP contribution in [0.4, 0.5) is 5.69 Å². The van der Waals surface area contributed by atoms with Gasteiger partial charge in [-0.05, 0) is 75.4 Å². The quantitative estimate of drug-likeness (QED) is 0.455. The first-order valence-electron chi connectivity index (χ1n) is 9.40. The van der Waals surface area contributed by atoms with Gasteiger partial charge in [0.2, 0.25) is 0 Å². The Morgan fingerprint density at radius 3 is 2.52 bits per heavy atom. The zero-order valence-electron chi connectivity index (χ0n) is 16.6. The van der Waals surface area contributed by atoms with Crippen molar-refractivity contribution in [1.29, 1.82) is 0 Å². The number of ether oxygens (including phenoxy) is 2. The number of hydrogen-bond donors (Lipinski definition) is 1. The predicted molar refractivity (Wildman–Crippen MR) is 118 cm³/mol. The smallest absolute Gasteiger partial charge is 0.257 e. The van der Waals surface area contributed by atoms with Crippen LogP contribution in [0, 0.1) is 6.92 Å². The van der Waals surface area contributed by atoms with Crippen LogP contribution in [0.3, 0.4) is 0 Å². The number of carbonyl (C=O) groups is 1. The minimum Gasteiger partial charge on any atom is -0.457 e. The number of amides is 1. The Labute approximate surface area is 179 Å². The second-order valence-electron chi connectivity index (χ2n) is 6.50. The van der Waals surface area contributed by atoms with Crippen molar-refractivity contribution in [1.82, 2.24) is 4.98 Å². The normalized spacial score (nSPS) is 11.7.